The van der Waals surface area contributed by atoms with E-state index in [2.05, 4.69) is 25.7 Å². The van der Waals surface area contributed by atoms with E-state index in [1.807, 2.05) is 4.90 Å². The summed E-state index contributed by atoms with van der Waals surface area (Å²) in [5.74, 6) is 0.654. The van der Waals surface area contributed by atoms with Crippen LogP contribution in [0.4, 0.5) is 0 Å². The zero-order valence-electron chi connectivity index (χ0n) is 44.8. The minimum Gasteiger partial charge on any atom is -0.465 e. The van der Waals surface area contributed by atoms with Gasteiger partial charge in [0.1, 0.15) is 13.2 Å². The first-order valence-electron chi connectivity index (χ1n) is 29.2. The van der Waals surface area contributed by atoms with Crippen molar-refractivity contribution in [2.24, 2.45) is 34.0 Å². The number of nitrogens with zero attached hydrogens (tertiary/aromatic N) is 2. The van der Waals surface area contributed by atoms with Crippen molar-refractivity contribution < 1.29 is 47.7 Å². The molecule has 12 nitrogen and oxygen atoms in total. The van der Waals surface area contributed by atoms with Gasteiger partial charge in [-0.25, -0.2) is 0 Å². The SMILES string of the molecule is CCCCCCCCC1COC(=O)CCCCCC(=O)OCC2(CCN(C(=O)CCCN3CCOCC3)CC2)COC(=O)CCCCCC(=O)OCC(CCCCCC)C2(C1)CC1(CC(CCC)C1)C2. The fourth-order valence-electron chi connectivity index (χ4n) is 13.1. The van der Waals surface area contributed by atoms with Crippen molar-refractivity contribution >= 4 is 29.8 Å². The van der Waals surface area contributed by atoms with Crippen LogP contribution in [-0.4, -0.2) is 112 Å². The lowest BCUT2D eigenvalue weighted by Gasteiger charge is -2.67. The van der Waals surface area contributed by atoms with Gasteiger partial charge in [0, 0.05) is 63.7 Å². The highest BCUT2D eigenvalue weighted by atomic mass is 16.6. The summed E-state index contributed by atoms with van der Waals surface area (Å²) in [5, 5.41) is 0. The van der Waals surface area contributed by atoms with E-state index in [0.29, 0.717) is 89.5 Å². The average Bonchev–Trinajstić information content (AvgIpc) is 3.33. The summed E-state index contributed by atoms with van der Waals surface area (Å²) in [4.78, 5) is 70.6. The average molecular weight is 985 g/mol. The molecule has 3 saturated heterocycles. The van der Waals surface area contributed by atoms with Gasteiger partial charge in [-0.1, -0.05) is 111 Å². The molecule has 70 heavy (non-hydrogen) atoms. The van der Waals surface area contributed by atoms with E-state index in [4.69, 9.17) is 23.7 Å². The number of hydrogen-bond acceptors (Lipinski definition) is 11. The van der Waals surface area contributed by atoms with Crippen molar-refractivity contribution in [1.82, 2.24) is 9.80 Å². The third-order valence-corrected chi connectivity index (χ3v) is 17.2. The molecule has 0 radical (unpaired) electrons. The van der Waals surface area contributed by atoms with Gasteiger partial charge in [0.2, 0.25) is 5.91 Å². The van der Waals surface area contributed by atoms with Gasteiger partial charge >= 0.3 is 23.9 Å². The van der Waals surface area contributed by atoms with Crippen LogP contribution in [0.5, 0.6) is 0 Å². The summed E-state index contributed by atoms with van der Waals surface area (Å²) >= 11 is 0. The van der Waals surface area contributed by atoms with Crippen LogP contribution in [0.25, 0.3) is 0 Å². The second-order valence-electron chi connectivity index (χ2n) is 23.2. The molecular formula is C58H100N2O10. The lowest BCUT2D eigenvalue weighted by Crippen LogP contribution is -2.58. The molecule has 3 spiro atoms. The lowest BCUT2D eigenvalue weighted by molar-refractivity contribution is -0.183. The Hall–Kier alpha value is -2.73. The summed E-state index contributed by atoms with van der Waals surface area (Å²) < 4.78 is 29.7. The summed E-state index contributed by atoms with van der Waals surface area (Å²) in [7, 11) is 0. The predicted molar refractivity (Wildman–Crippen MR) is 275 cm³/mol. The molecule has 2 saturated carbocycles. The van der Waals surface area contributed by atoms with Gasteiger partial charge < -0.3 is 28.6 Å². The largest absolute Gasteiger partial charge is 0.465 e. The molecule has 3 aliphatic heterocycles. The number of carbonyl (C=O) groups excluding carboxylic acids is 5. The summed E-state index contributed by atoms with van der Waals surface area (Å²) in [6.07, 6.45) is 30.5. The third kappa shape index (κ3) is 20.3. The van der Waals surface area contributed by atoms with E-state index in [-0.39, 0.29) is 73.1 Å². The van der Waals surface area contributed by atoms with Crippen molar-refractivity contribution in [2.75, 3.05) is 72.4 Å². The van der Waals surface area contributed by atoms with Crippen LogP contribution in [0, 0.1) is 34.0 Å². The zero-order chi connectivity index (χ0) is 49.9. The second-order valence-corrected chi connectivity index (χ2v) is 23.2. The van der Waals surface area contributed by atoms with E-state index in [1.54, 1.807) is 0 Å². The quantitative estimate of drug-likeness (QED) is 0.0737. The molecule has 3 heterocycles. The number of rotatable bonds is 18. The zero-order valence-corrected chi connectivity index (χ0v) is 44.8. The van der Waals surface area contributed by atoms with Crippen LogP contribution in [0.3, 0.4) is 0 Å². The number of esters is 4. The fourth-order valence-corrected chi connectivity index (χ4v) is 13.1. The van der Waals surface area contributed by atoms with Gasteiger partial charge in [-0.3, -0.25) is 28.9 Å². The van der Waals surface area contributed by atoms with Crippen LogP contribution in [-0.2, 0) is 47.7 Å². The topological polar surface area (TPSA) is 138 Å². The highest BCUT2D eigenvalue weighted by Gasteiger charge is 2.62. The lowest BCUT2D eigenvalue weighted by atomic mass is 9.38. The van der Waals surface area contributed by atoms with Gasteiger partial charge in [0.05, 0.1) is 26.4 Å². The summed E-state index contributed by atoms with van der Waals surface area (Å²) in [6.45, 7) is 13.2. The molecule has 2 atom stereocenters. The molecule has 1 amide bonds. The Bertz CT molecular complexity index is 1520. The van der Waals surface area contributed by atoms with Gasteiger partial charge in [-0.15, -0.1) is 0 Å². The minimum absolute atomic E-state index is 0.0812. The van der Waals surface area contributed by atoms with E-state index >= 15 is 0 Å². The molecule has 2 unspecified atom stereocenters. The highest BCUT2D eigenvalue weighted by molar-refractivity contribution is 5.76. The van der Waals surface area contributed by atoms with E-state index in [9.17, 15) is 24.0 Å². The molecule has 12 heteroatoms. The monoisotopic (exact) mass is 985 g/mol. The Morgan fingerprint density at radius 2 is 1.06 bits per heavy atom. The van der Waals surface area contributed by atoms with E-state index < -0.39 is 5.41 Å². The number of hydrogen-bond donors (Lipinski definition) is 0. The standard InChI is InChI=1S/C58H100N2O10/c1-4-7-9-11-12-15-23-49-41-58(44-57(45-58)39-48(40-57)22-6-3)50(24-16-10-8-5-2)43-68-53(63)27-18-14-20-29-55(65)70-47-56(46-69-54(64)28-19-13-17-26-52(62)67-42-49)30-33-60(34-31-56)51(61)25-21-32-59-35-37-66-38-36-59/h48-50H,4-47H2,1-3H3. The Kier molecular flexibility index (Phi) is 26.4. The van der Waals surface area contributed by atoms with Crippen molar-refractivity contribution in [3.63, 3.8) is 0 Å². The van der Waals surface area contributed by atoms with Gasteiger partial charge in [-0.2, -0.15) is 0 Å². The first-order valence-corrected chi connectivity index (χ1v) is 29.2. The van der Waals surface area contributed by atoms with Crippen molar-refractivity contribution in [1.29, 1.82) is 0 Å². The summed E-state index contributed by atoms with van der Waals surface area (Å²) in [5.41, 5.74) is -0.0679. The molecule has 0 aromatic heterocycles. The second kappa shape index (κ2) is 31.8. The number of unbranched alkanes of at least 4 members (excludes halogenated alkanes) is 8. The van der Waals surface area contributed by atoms with Crippen LogP contribution >= 0.6 is 0 Å². The van der Waals surface area contributed by atoms with Gasteiger partial charge in [-0.05, 0) is 125 Å². The molecule has 0 aromatic rings. The molecule has 2 aliphatic carbocycles. The van der Waals surface area contributed by atoms with E-state index in [1.165, 1.54) is 89.9 Å². The number of cyclic esters (lactones) is 4. The van der Waals surface area contributed by atoms with Crippen LogP contribution in [0.2, 0.25) is 0 Å². The summed E-state index contributed by atoms with van der Waals surface area (Å²) in [6, 6.07) is 0. The molecule has 0 N–H and O–H groups in total. The number of piperidine rings is 1. The van der Waals surface area contributed by atoms with Gasteiger partial charge in [0.25, 0.3) is 0 Å². The Balaban J connectivity index is 1.21. The normalized spacial score (nSPS) is 28.8. The molecule has 402 valence electrons. The van der Waals surface area contributed by atoms with Gasteiger partial charge in [0.15, 0.2) is 0 Å². The van der Waals surface area contributed by atoms with Crippen molar-refractivity contribution in [3.05, 3.63) is 0 Å². The van der Waals surface area contributed by atoms with Crippen LogP contribution in [0.15, 0.2) is 0 Å². The van der Waals surface area contributed by atoms with Crippen molar-refractivity contribution in [3.8, 4) is 0 Å². The molecule has 5 aliphatic rings. The molecular weight excluding hydrogens is 885 g/mol. The number of ether oxygens (including phenoxy) is 5. The Morgan fingerprint density at radius 3 is 1.64 bits per heavy atom. The number of morpholine rings is 1. The Morgan fingerprint density at radius 1 is 0.529 bits per heavy atom. The molecule has 0 aromatic carbocycles. The molecule has 0 bridgehead atoms. The maximum absolute atomic E-state index is 13.5. The first kappa shape index (κ1) is 58.2. The first-order chi connectivity index (χ1) is 34.0. The minimum atomic E-state index is -0.568. The smallest absolute Gasteiger partial charge is 0.305 e. The highest BCUT2D eigenvalue weighted by Crippen LogP contribution is 2.71. The fraction of sp³-hybridized carbons (Fsp3) is 0.914. The van der Waals surface area contributed by atoms with E-state index in [0.717, 1.165) is 90.1 Å². The maximum atomic E-state index is 13.5. The third-order valence-electron chi connectivity index (χ3n) is 17.2. The van der Waals surface area contributed by atoms with Crippen LogP contribution in [0.1, 0.15) is 233 Å². The number of likely N-dealkylation sites (tertiary alicyclic amines) is 1. The Labute approximate surface area is 424 Å². The predicted octanol–water partition coefficient (Wildman–Crippen LogP) is 12.1. The number of amides is 1. The molecule has 5 rings (SSSR count). The van der Waals surface area contributed by atoms with Crippen LogP contribution < -0.4 is 0 Å². The maximum Gasteiger partial charge on any atom is 0.305 e. The molecule has 5 fully saturated rings. The number of carbonyl (C=O) groups is 5. The van der Waals surface area contributed by atoms with Crippen molar-refractivity contribution in [2.45, 2.75) is 233 Å².